The molecule has 1 aliphatic carbocycles. The van der Waals surface area contributed by atoms with E-state index < -0.39 is 11.7 Å². The van der Waals surface area contributed by atoms with E-state index in [1.54, 1.807) is 58.3 Å². The maximum Gasteiger partial charge on any atom is 0.240 e. The maximum atomic E-state index is 15.3. The van der Waals surface area contributed by atoms with Crippen LogP contribution in [0.5, 0.6) is 0 Å². The summed E-state index contributed by atoms with van der Waals surface area (Å²) in [7, 11) is 0. The highest BCUT2D eigenvalue weighted by atomic mass is 19.1. The predicted molar refractivity (Wildman–Crippen MR) is 117 cm³/mol. The van der Waals surface area contributed by atoms with E-state index in [4.69, 9.17) is 5.73 Å². The predicted octanol–water partition coefficient (Wildman–Crippen LogP) is 3.86. The Kier molecular flexibility index (Phi) is 4.22. The van der Waals surface area contributed by atoms with Crippen LogP contribution in [0.1, 0.15) is 24.4 Å². The number of benzene rings is 1. The molecule has 1 saturated carbocycles. The number of anilines is 1. The van der Waals surface area contributed by atoms with Gasteiger partial charge in [0, 0.05) is 29.7 Å². The minimum Gasteiger partial charge on any atom is -0.366 e. The summed E-state index contributed by atoms with van der Waals surface area (Å²) in [5.41, 5.74) is 7.66. The molecule has 0 aliphatic heterocycles. The molecule has 0 saturated heterocycles. The largest absolute Gasteiger partial charge is 0.366 e. The van der Waals surface area contributed by atoms with Crippen molar-refractivity contribution < 1.29 is 8.78 Å². The van der Waals surface area contributed by atoms with E-state index in [2.05, 4.69) is 25.1 Å². The zero-order chi connectivity index (χ0) is 22.6. The van der Waals surface area contributed by atoms with E-state index in [0.717, 1.165) is 11.1 Å². The summed E-state index contributed by atoms with van der Waals surface area (Å²) in [6, 6.07) is 10.7. The highest BCUT2D eigenvalue weighted by molar-refractivity contribution is 5.65. The van der Waals surface area contributed by atoms with Crippen LogP contribution >= 0.6 is 0 Å². The zero-order valence-electron chi connectivity index (χ0n) is 17.3. The Bertz CT molecular complexity index is 1470. The van der Waals surface area contributed by atoms with Gasteiger partial charge in [-0.25, -0.2) is 23.3 Å². The topological polar surface area (TPSA) is 99.8 Å². The van der Waals surface area contributed by atoms with E-state index in [-0.39, 0.29) is 11.8 Å². The Labute approximate surface area is 186 Å². The van der Waals surface area contributed by atoms with Gasteiger partial charge < -0.3 is 5.73 Å². The van der Waals surface area contributed by atoms with Gasteiger partial charge in [-0.2, -0.15) is 10.1 Å². The fourth-order valence-corrected chi connectivity index (χ4v) is 4.03. The number of fused-ring (bicyclic) bond motifs is 1. The molecule has 5 aromatic rings. The number of alkyl halides is 1. The van der Waals surface area contributed by atoms with Crippen molar-refractivity contribution >= 4 is 11.6 Å². The van der Waals surface area contributed by atoms with Crippen molar-refractivity contribution in [3.05, 3.63) is 78.6 Å². The van der Waals surface area contributed by atoms with Crippen LogP contribution in [0.2, 0.25) is 0 Å². The third-order valence-corrected chi connectivity index (χ3v) is 5.83. The van der Waals surface area contributed by atoms with E-state index in [1.807, 2.05) is 6.07 Å². The van der Waals surface area contributed by atoms with Crippen molar-refractivity contribution in [3.8, 4) is 22.6 Å². The lowest BCUT2D eigenvalue weighted by Crippen LogP contribution is -2.23. The average Bonchev–Trinajstić information content (AvgIpc) is 3.21. The summed E-state index contributed by atoms with van der Waals surface area (Å²) in [6.07, 6.45) is 7.70. The van der Waals surface area contributed by atoms with Gasteiger partial charge in [-0.15, -0.1) is 5.10 Å². The number of aromatic nitrogens is 7. The Balaban J connectivity index is 1.35. The smallest absolute Gasteiger partial charge is 0.240 e. The molecular formula is C23H18F2N8. The number of pyridine rings is 1. The summed E-state index contributed by atoms with van der Waals surface area (Å²) < 4.78 is 31.8. The lowest BCUT2D eigenvalue weighted by Gasteiger charge is -2.21. The molecule has 4 heterocycles. The molecule has 33 heavy (non-hydrogen) atoms. The van der Waals surface area contributed by atoms with E-state index in [9.17, 15) is 4.39 Å². The fourth-order valence-electron chi connectivity index (χ4n) is 4.03. The van der Waals surface area contributed by atoms with Gasteiger partial charge in [-0.05, 0) is 48.7 Å². The van der Waals surface area contributed by atoms with E-state index in [0.29, 0.717) is 35.6 Å². The second kappa shape index (κ2) is 7.16. The van der Waals surface area contributed by atoms with Gasteiger partial charge in [-0.3, -0.25) is 4.68 Å². The third-order valence-electron chi connectivity index (χ3n) is 5.83. The molecule has 0 amide bonds. The summed E-state index contributed by atoms with van der Waals surface area (Å²) >= 11 is 0. The number of nitrogens with two attached hydrogens (primary N) is 1. The van der Waals surface area contributed by atoms with Crippen LogP contribution < -0.4 is 5.73 Å². The van der Waals surface area contributed by atoms with Gasteiger partial charge >= 0.3 is 0 Å². The standard InChI is InChI=1S/C23H18F2N8/c24-17-3-1-14(2-4-17)20(23(25)7-8-23)33-13-16(12-28-33)18-5-9-27-21(29-18)15-6-10-32-19(11-15)30-22(26)31-32/h1-6,9-13,20H,7-8H2,(H2,26,31). The van der Waals surface area contributed by atoms with Crippen LogP contribution in [0.25, 0.3) is 28.3 Å². The highest BCUT2D eigenvalue weighted by Crippen LogP contribution is 2.51. The van der Waals surface area contributed by atoms with Crippen LogP contribution in [-0.4, -0.2) is 40.0 Å². The first-order chi connectivity index (χ1) is 16.0. The molecule has 0 spiro atoms. The van der Waals surface area contributed by atoms with Gasteiger partial charge in [-0.1, -0.05) is 12.1 Å². The molecule has 0 bridgehead atoms. The molecule has 10 heteroatoms. The first-order valence-electron chi connectivity index (χ1n) is 10.4. The number of nitrogen functional groups attached to an aromatic ring is 1. The van der Waals surface area contributed by atoms with Crippen LogP contribution in [0.3, 0.4) is 0 Å². The van der Waals surface area contributed by atoms with Crippen molar-refractivity contribution in [2.45, 2.75) is 24.6 Å². The number of hydrogen-bond donors (Lipinski definition) is 1. The summed E-state index contributed by atoms with van der Waals surface area (Å²) in [5, 5.41) is 8.50. The summed E-state index contributed by atoms with van der Waals surface area (Å²) in [5.74, 6) is 0.331. The number of nitrogens with zero attached hydrogens (tertiary/aromatic N) is 7. The van der Waals surface area contributed by atoms with Crippen molar-refractivity contribution in [1.29, 1.82) is 0 Å². The summed E-state index contributed by atoms with van der Waals surface area (Å²) in [6.45, 7) is 0. The molecule has 1 fully saturated rings. The van der Waals surface area contributed by atoms with Gasteiger partial charge in [0.2, 0.25) is 5.95 Å². The van der Waals surface area contributed by atoms with Gasteiger partial charge in [0.25, 0.3) is 0 Å². The lowest BCUT2D eigenvalue weighted by atomic mass is 10.0. The Morgan fingerprint density at radius 2 is 1.85 bits per heavy atom. The molecule has 6 rings (SSSR count). The van der Waals surface area contributed by atoms with Gasteiger partial charge in [0.05, 0.1) is 11.9 Å². The average molecular weight is 444 g/mol. The van der Waals surface area contributed by atoms with Crippen LogP contribution in [-0.2, 0) is 0 Å². The molecule has 1 aromatic carbocycles. The van der Waals surface area contributed by atoms with Crippen molar-refractivity contribution in [1.82, 2.24) is 34.3 Å². The first-order valence-corrected chi connectivity index (χ1v) is 10.4. The zero-order valence-corrected chi connectivity index (χ0v) is 17.3. The van der Waals surface area contributed by atoms with Gasteiger partial charge in [0.1, 0.15) is 17.5 Å². The quantitative estimate of drug-likeness (QED) is 0.442. The van der Waals surface area contributed by atoms with Gasteiger partial charge in [0.15, 0.2) is 11.5 Å². The lowest BCUT2D eigenvalue weighted by molar-refractivity contribution is 0.221. The summed E-state index contributed by atoms with van der Waals surface area (Å²) in [4.78, 5) is 13.2. The second-order valence-corrected chi connectivity index (χ2v) is 8.15. The number of rotatable bonds is 5. The molecule has 0 radical (unpaired) electrons. The normalized spacial score (nSPS) is 15.6. The molecule has 1 unspecified atom stereocenters. The first kappa shape index (κ1) is 19.5. The molecule has 1 atom stereocenters. The minimum atomic E-state index is -1.40. The van der Waals surface area contributed by atoms with Crippen molar-refractivity contribution in [3.63, 3.8) is 0 Å². The SMILES string of the molecule is Nc1nc2cc(-c3nccc(-c4cnn(C(c5ccc(F)cc5)C5(F)CC5)c4)n3)ccn2n1. The van der Waals surface area contributed by atoms with E-state index in [1.165, 1.54) is 12.1 Å². The van der Waals surface area contributed by atoms with Crippen molar-refractivity contribution in [2.75, 3.05) is 5.73 Å². The Hall–Kier alpha value is -4.21. The second-order valence-electron chi connectivity index (χ2n) is 8.15. The fraction of sp³-hybridized carbons (Fsp3) is 0.174. The molecule has 4 aromatic heterocycles. The monoisotopic (exact) mass is 444 g/mol. The van der Waals surface area contributed by atoms with Crippen molar-refractivity contribution in [2.24, 2.45) is 0 Å². The van der Waals surface area contributed by atoms with Crippen LogP contribution in [0.15, 0.2) is 67.3 Å². The molecule has 2 N–H and O–H groups in total. The van der Waals surface area contributed by atoms with Crippen LogP contribution in [0, 0.1) is 5.82 Å². The minimum absolute atomic E-state index is 0.186. The Morgan fingerprint density at radius 3 is 2.64 bits per heavy atom. The molecule has 8 nitrogen and oxygen atoms in total. The number of hydrogen-bond acceptors (Lipinski definition) is 6. The maximum absolute atomic E-state index is 15.3. The molecule has 164 valence electrons. The molecular weight excluding hydrogens is 426 g/mol. The Morgan fingerprint density at radius 1 is 1.03 bits per heavy atom. The third kappa shape index (κ3) is 3.49. The van der Waals surface area contributed by atoms with E-state index >= 15 is 4.39 Å². The van der Waals surface area contributed by atoms with Crippen LogP contribution in [0.4, 0.5) is 14.7 Å². The molecule has 1 aliphatic rings. The number of halogens is 2. The highest BCUT2D eigenvalue weighted by Gasteiger charge is 2.52.